The van der Waals surface area contributed by atoms with Gasteiger partial charge in [0.1, 0.15) is 0 Å². The first-order valence-corrected chi connectivity index (χ1v) is 7.33. The molecule has 0 rings (SSSR count). The van der Waals surface area contributed by atoms with Gasteiger partial charge in [-0.3, -0.25) is 4.57 Å². The standard InChI is InChI=1S/C7H14F2IO3P/c1-3-12-14(11,13-4-2)7(8,9)5-6-10/h3-6H2,1-2H3. The Hall–Kier alpha value is 0.740. The van der Waals surface area contributed by atoms with Gasteiger partial charge in [-0.15, -0.1) is 0 Å². The Kier molecular flexibility index (Phi) is 6.69. The van der Waals surface area contributed by atoms with E-state index in [1.165, 1.54) is 13.8 Å². The lowest BCUT2D eigenvalue weighted by atomic mass is 10.5. The van der Waals surface area contributed by atoms with Crippen LogP contribution in [0.5, 0.6) is 0 Å². The Morgan fingerprint density at radius 3 is 2.00 bits per heavy atom. The van der Waals surface area contributed by atoms with Crippen molar-refractivity contribution in [1.82, 2.24) is 0 Å². The summed E-state index contributed by atoms with van der Waals surface area (Å²) in [5.74, 6) is 0. The lowest BCUT2D eigenvalue weighted by molar-refractivity contribution is 0.0374. The van der Waals surface area contributed by atoms with Crippen molar-refractivity contribution >= 4 is 30.2 Å². The number of hydrogen-bond donors (Lipinski definition) is 0. The van der Waals surface area contributed by atoms with Gasteiger partial charge in [0.05, 0.1) is 13.2 Å². The van der Waals surface area contributed by atoms with E-state index in [1.54, 1.807) is 22.6 Å². The molecule has 0 unspecified atom stereocenters. The summed E-state index contributed by atoms with van der Waals surface area (Å²) >= 11 is 1.80. The summed E-state index contributed by atoms with van der Waals surface area (Å²) in [5.41, 5.74) is -3.39. The van der Waals surface area contributed by atoms with Crippen molar-refractivity contribution in [2.24, 2.45) is 0 Å². The molecule has 86 valence electrons. The molecule has 0 aliphatic carbocycles. The maximum Gasteiger partial charge on any atom is 0.399 e. The van der Waals surface area contributed by atoms with Crippen LogP contribution in [-0.2, 0) is 13.6 Å². The van der Waals surface area contributed by atoms with Gasteiger partial charge >= 0.3 is 13.3 Å². The van der Waals surface area contributed by atoms with E-state index in [2.05, 4.69) is 9.05 Å². The predicted octanol–water partition coefficient (Wildman–Crippen LogP) is 3.67. The summed E-state index contributed by atoms with van der Waals surface area (Å²) in [6.45, 7) is 2.92. The van der Waals surface area contributed by atoms with Crippen molar-refractivity contribution in [3.05, 3.63) is 0 Å². The first kappa shape index (κ1) is 14.7. The van der Waals surface area contributed by atoms with E-state index in [4.69, 9.17) is 0 Å². The first-order chi connectivity index (χ1) is 6.43. The van der Waals surface area contributed by atoms with Crippen molar-refractivity contribution < 1.29 is 22.4 Å². The molecular weight excluding hydrogens is 328 g/mol. The minimum atomic E-state index is -4.28. The van der Waals surface area contributed by atoms with Gasteiger partial charge in [-0.1, -0.05) is 22.6 Å². The van der Waals surface area contributed by atoms with Crippen molar-refractivity contribution in [1.29, 1.82) is 0 Å². The SMILES string of the molecule is CCOP(=O)(OCC)C(F)(F)CCI. The zero-order valence-electron chi connectivity index (χ0n) is 8.13. The number of hydrogen-bond acceptors (Lipinski definition) is 3. The molecule has 7 heteroatoms. The maximum atomic E-state index is 13.3. The molecule has 0 spiro atoms. The molecule has 0 atom stereocenters. The minimum absolute atomic E-state index is 0.0475. The fourth-order valence-electron chi connectivity index (χ4n) is 0.817. The van der Waals surface area contributed by atoms with E-state index in [9.17, 15) is 13.3 Å². The highest BCUT2D eigenvalue weighted by atomic mass is 127. The van der Waals surface area contributed by atoms with Crippen LogP contribution >= 0.6 is 30.2 Å². The average molecular weight is 342 g/mol. The van der Waals surface area contributed by atoms with E-state index < -0.39 is 19.7 Å². The van der Waals surface area contributed by atoms with Crippen LogP contribution in [-0.4, -0.2) is 23.3 Å². The van der Waals surface area contributed by atoms with Gasteiger partial charge in [-0.2, -0.15) is 8.78 Å². The Bertz CT molecular complexity index is 203. The Morgan fingerprint density at radius 1 is 1.29 bits per heavy atom. The Labute approximate surface area is 96.2 Å². The summed E-state index contributed by atoms with van der Waals surface area (Å²) in [6, 6.07) is 0. The zero-order chi connectivity index (χ0) is 11.2. The summed E-state index contributed by atoms with van der Waals surface area (Å²) in [4.78, 5) is 0. The summed E-state index contributed by atoms with van der Waals surface area (Å²) in [7, 11) is -4.28. The Morgan fingerprint density at radius 2 is 1.71 bits per heavy atom. The molecule has 0 fully saturated rings. The molecule has 14 heavy (non-hydrogen) atoms. The van der Waals surface area contributed by atoms with Crippen LogP contribution in [0.15, 0.2) is 0 Å². The quantitative estimate of drug-likeness (QED) is 0.402. The normalized spacial score (nSPS) is 13.2. The van der Waals surface area contributed by atoms with Gasteiger partial charge in [-0.25, -0.2) is 0 Å². The molecular formula is C7H14F2IO3P. The van der Waals surface area contributed by atoms with Crippen molar-refractivity contribution in [2.75, 3.05) is 17.6 Å². The molecule has 0 amide bonds. The van der Waals surface area contributed by atoms with Crippen LogP contribution in [0.25, 0.3) is 0 Å². The summed E-state index contributed by atoms with van der Waals surface area (Å²) in [5, 5.41) is 0. The second-order valence-corrected chi connectivity index (χ2v) is 5.68. The maximum absolute atomic E-state index is 13.3. The highest BCUT2D eigenvalue weighted by molar-refractivity contribution is 14.1. The lowest BCUT2D eigenvalue weighted by Gasteiger charge is -2.24. The molecule has 3 nitrogen and oxygen atoms in total. The van der Waals surface area contributed by atoms with Crippen LogP contribution in [0.3, 0.4) is 0 Å². The molecule has 0 heterocycles. The molecule has 0 aromatic rings. The van der Waals surface area contributed by atoms with Gasteiger partial charge in [-0.05, 0) is 13.8 Å². The highest BCUT2D eigenvalue weighted by Gasteiger charge is 2.52. The number of halogens is 3. The largest absolute Gasteiger partial charge is 0.399 e. The van der Waals surface area contributed by atoms with Crippen molar-refractivity contribution in [3.63, 3.8) is 0 Å². The molecule has 0 N–H and O–H groups in total. The topological polar surface area (TPSA) is 35.5 Å². The second-order valence-electron chi connectivity index (χ2n) is 2.44. The van der Waals surface area contributed by atoms with Gasteiger partial charge < -0.3 is 9.05 Å². The van der Waals surface area contributed by atoms with E-state index in [0.717, 1.165) is 0 Å². The minimum Gasteiger partial charge on any atom is -0.305 e. The smallest absolute Gasteiger partial charge is 0.305 e. The van der Waals surface area contributed by atoms with Crippen LogP contribution in [0, 0.1) is 0 Å². The average Bonchev–Trinajstić information content (AvgIpc) is 2.04. The van der Waals surface area contributed by atoms with E-state index in [-0.39, 0.29) is 17.6 Å². The molecule has 0 aliphatic rings. The molecule has 0 saturated heterocycles. The number of rotatable bonds is 7. The van der Waals surface area contributed by atoms with Crippen LogP contribution in [0.4, 0.5) is 8.78 Å². The number of alkyl halides is 3. The summed E-state index contributed by atoms with van der Waals surface area (Å²) < 4.78 is 47.6. The molecule has 0 bridgehead atoms. The van der Waals surface area contributed by atoms with Gasteiger partial charge in [0.2, 0.25) is 0 Å². The molecule has 0 aliphatic heterocycles. The second kappa shape index (κ2) is 6.35. The molecule has 0 aromatic carbocycles. The van der Waals surface area contributed by atoms with Crippen molar-refractivity contribution in [3.8, 4) is 0 Å². The van der Waals surface area contributed by atoms with Gasteiger partial charge in [0, 0.05) is 10.8 Å². The summed E-state index contributed by atoms with van der Waals surface area (Å²) in [6.07, 6.45) is -0.495. The van der Waals surface area contributed by atoms with Gasteiger partial charge in [0.25, 0.3) is 0 Å². The monoisotopic (exact) mass is 342 g/mol. The third-order valence-electron chi connectivity index (χ3n) is 1.39. The molecule has 0 saturated carbocycles. The van der Waals surface area contributed by atoms with E-state index >= 15 is 0 Å². The van der Waals surface area contributed by atoms with Crippen LogP contribution in [0.1, 0.15) is 20.3 Å². The first-order valence-electron chi connectivity index (χ1n) is 4.26. The molecule has 0 aromatic heterocycles. The van der Waals surface area contributed by atoms with Crippen molar-refractivity contribution in [2.45, 2.75) is 25.9 Å². The lowest BCUT2D eigenvalue weighted by Crippen LogP contribution is -2.20. The van der Waals surface area contributed by atoms with Crippen LogP contribution < -0.4 is 0 Å². The fourth-order valence-corrected chi connectivity index (χ4v) is 3.44. The van der Waals surface area contributed by atoms with E-state index in [0.29, 0.717) is 0 Å². The van der Waals surface area contributed by atoms with Gasteiger partial charge in [0.15, 0.2) is 0 Å². The third-order valence-corrected chi connectivity index (χ3v) is 4.15. The third kappa shape index (κ3) is 3.72. The fraction of sp³-hybridized carbons (Fsp3) is 1.00. The van der Waals surface area contributed by atoms with Crippen LogP contribution in [0.2, 0.25) is 0 Å². The van der Waals surface area contributed by atoms with E-state index in [1.807, 2.05) is 0 Å². The Balaban J connectivity index is 4.69. The zero-order valence-corrected chi connectivity index (χ0v) is 11.2. The predicted molar refractivity (Wildman–Crippen MR) is 59.3 cm³/mol. The molecule has 0 radical (unpaired) electrons. The highest BCUT2D eigenvalue weighted by Crippen LogP contribution is 2.63.